The first-order valence-corrected chi connectivity index (χ1v) is 10.8. The lowest BCUT2D eigenvalue weighted by atomic mass is 10.2. The van der Waals surface area contributed by atoms with Crippen LogP contribution in [0, 0.1) is 17.6 Å². The predicted molar refractivity (Wildman–Crippen MR) is 120 cm³/mol. The zero-order valence-electron chi connectivity index (χ0n) is 17.4. The summed E-state index contributed by atoms with van der Waals surface area (Å²) in [5.74, 6) is -2.15. The first-order chi connectivity index (χ1) is 15.3. The van der Waals surface area contributed by atoms with Crippen molar-refractivity contribution in [1.82, 2.24) is 0 Å². The maximum Gasteiger partial charge on any atom is 0.282 e. The van der Waals surface area contributed by atoms with Crippen LogP contribution in [0.25, 0.3) is 5.57 Å². The van der Waals surface area contributed by atoms with Crippen LogP contribution >= 0.6 is 11.3 Å². The van der Waals surface area contributed by atoms with E-state index in [4.69, 9.17) is 4.74 Å². The van der Waals surface area contributed by atoms with E-state index in [9.17, 15) is 18.4 Å². The largest absolute Gasteiger partial charge is 0.493 e. The number of carbonyl (C=O) groups excluding carboxylic acids is 2. The quantitative estimate of drug-likeness (QED) is 0.482. The van der Waals surface area contributed by atoms with Gasteiger partial charge in [-0.1, -0.05) is 19.9 Å². The summed E-state index contributed by atoms with van der Waals surface area (Å²) in [7, 11) is 0. The average molecular weight is 454 g/mol. The molecule has 8 heteroatoms. The third-order valence-electron chi connectivity index (χ3n) is 4.72. The lowest BCUT2D eigenvalue weighted by Gasteiger charge is -2.16. The van der Waals surface area contributed by atoms with Crippen LogP contribution in [0.1, 0.15) is 18.7 Å². The highest BCUT2D eigenvalue weighted by Gasteiger charge is 2.40. The van der Waals surface area contributed by atoms with Crippen LogP contribution in [-0.2, 0) is 9.59 Å². The summed E-state index contributed by atoms with van der Waals surface area (Å²) in [5, 5.41) is 4.60. The van der Waals surface area contributed by atoms with Crippen molar-refractivity contribution in [3.05, 3.63) is 82.2 Å². The molecule has 4 rings (SSSR count). The van der Waals surface area contributed by atoms with Crippen molar-refractivity contribution in [2.45, 2.75) is 13.8 Å². The Kier molecular flexibility index (Phi) is 6.05. The van der Waals surface area contributed by atoms with Crippen molar-refractivity contribution >= 4 is 40.1 Å². The number of ether oxygens (including phenoxy) is 1. The van der Waals surface area contributed by atoms with E-state index in [2.05, 4.69) is 5.32 Å². The molecule has 1 aliphatic heterocycles. The van der Waals surface area contributed by atoms with Gasteiger partial charge in [-0.15, -0.1) is 11.3 Å². The first-order valence-electron chi connectivity index (χ1n) is 9.97. The smallest absolute Gasteiger partial charge is 0.282 e. The van der Waals surface area contributed by atoms with Crippen LogP contribution in [0.5, 0.6) is 5.75 Å². The van der Waals surface area contributed by atoms with Gasteiger partial charge in [-0.05, 0) is 53.8 Å². The van der Waals surface area contributed by atoms with Gasteiger partial charge >= 0.3 is 0 Å². The van der Waals surface area contributed by atoms with Gasteiger partial charge in [-0.3, -0.25) is 9.59 Å². The Balaban J connectivity index is 1.67. The van der Waals surface area contributed by atoms with Gasteiger partial charge in [0, 0.05) is 16.6 Å². The molecule has 3 aromatic rings. The molecule has 1 N–H and O–H groups in total. The van der Waals surface area contributed by atoms with Crippen LogP contribution in [0.4, 0.5) is 20.2 Å². The van der Waals surface area contributed by atoms with Gasteiger partial charge in [-0.25, -0.2) is 13.7 Å². The highest BCUT2D eigenvalue weighted by Crippen LogP contribution is 2.36. The molecule has 0 radical (unpaired) electrons. The summed E-state index contributed by atoms with van der Waals surface area (Å²) in [6.45, 7) is 4.62. The minimum Gasteiger partial charge on any atom is -0.493 e. The minimum atomic E-state index is -1.06. The number of nitrogens with one attached hydrogen (secondary N) is 1. The maximum atomic E-state index is 13.7. The Morgan fingerprint density at radius 3 is 2.38 bits per heavy atom. The minimum absolute atomic E-state index is 0.00333. The topological polar surface area (TPSA) is 58.6 Å². The number of benzene rings is 2. The van der Waals surface area contributed by atoms with Crippen molar-refractivity contribution < 1.29 is 23.1 Å². The fourth-order valence-corrected chi connectivity index (χ4v) is 3.97. The summed E-state index contributed by atoms with van der Waals surface area (Å²) in [5.41, 5.74) is 0.722. The third-order valence-corrected chi connectivity index (χ3v) is 5.61. The molecule has 0 aliphatic carbocycles. The normalized spacial score (nSPS) is 14.0. The zero-order valence-corrected chi connectivity index (χ0v) is 18.2. The second-order valence-electron chi connectivity index (χ2n) is 7.63. The molecule has 1 aromatic heterocycles. The molecule has 164 valence electrons. The summed E-state index contributed by atoms with van der Waals surface area (Å²) >= 11 is 1.30. The summed E-state index contributed by atoms with van der Waals surface area (Å²) in [6.07, 6.45) is 0. The maximum absolute atomic E-state index is 13.7. The highest BCUT2D eigenvalue weighted by molar-refractivity contribution is 7.11. The van der Waals surface area contributed by atoms with Crippen LogP contribution < -0.4 is 15.0 Å². The van der Waals surface area contributed by atoms with E-state index < -0.39 is 23.4 Å². The molecule has 0 spiro atoms. The highest BCUT2D eigenvalue weighted by atomic mass is 32.1. The molecular formula is C24H20F2N2O3S. The van der Waals surface area contributed by atoms with Gasteiger partial charge in [0.15, 0.2) is 11.6 Å². The van der Waals surface area contributed by atoms with Crippen molar-refractivity contribution in [1.29, 1.82) is 0 Å². The van der Waals surface area contributed by atoms with E-state index in [1.165, 1.54) is 17.4 Å². The zero-order chi connectivity index (χ0) is 22.8. The van der Waals surface area contributed by atoms with Gasteiger partial charge in [-0.2, -0.15) is 0 Å². The molecule has 32 heavy (non-hydrogen) atoms. The molecular weight excluding hydrogens is 434 g/mol. The average Bonchev–Trinajstić information content (AvgIpc) is 3.36. The number of thiophene rings is 1. The number of halogens is 2. The lowest BCUT2D eigenvalue weighted by molar-refractivity contribution is -0.120. The molecule has 0 saturated carbocycles. The van der Waals surface area contributed by atoms with E-state index in [1.807, 2.05) is 13.8 Å². The molecule has 0 fully saturated rings. The number of rotatable bonds is 7. The molecule has 0 saturated heterocycles. The molecule has 2 aromatic carbocycles. The Hall–Kier alpha value is -3.52. The Morgan fingerprint density at radius 1 is 1.00 bits per heavy atom. The van der Waals surface area contributed by atoms with E-state index in [-0.39, 0.29) is 17.0 Å². The number of hydrogen-bond donors (Lipinski definition) is 1. The van der Waals surface area contributed by atoms with Crippen LogP contribution in [0.3, 0.4) is 0 Å². The Bertz CT molecular complexity index is 1190. The van der Waals surface area contributed by atoms with Crippen molar-refractivity contribution in [2.24, 2.45) is 5.92 Å². The number of anilines is 2. The van der Waals surface area contributed by atoms with E-state index in [1.54, 1.807) is 41.8 Å². The van der Waals surface area contributed by atoms with E-state index in [0.29, 0.717) is 28.8 Å². The number of amides is 2. The monoisotopic (exact) mass is 454 g/mol. The Morgan fingerprint density at radius 2 is 1.75 bits per heavy atom. The molecule has 0 atom stereocenters. The fraction of sp³-hybridized carbons (Fsp3) is 0.167. The van der Waals surface area contributed by atoms with Crippen LogP contribution in [0.2, 0.25) is 0 Å². The van der Waals surface area contributed by atoms with Gasteiger partial charge < -0.3 is 10.1 Å². The molecule has 2 heterocycles. The second-order valence-corrected chi connectivity index (χ2v) is 8.57. The molecule has 1 aliphatic rings. The second kappa shape index (κ2) is 8.92. The summed E-state index contributed by atoms with van der Waals surface area (Å²) in [6, 6.07) is 13.4. The third kappa shape index (κ3) is 4.27. The van der Waals surface area contributed by atoms with Crippen LogP contribution in [0.15, 0.2) is 65.7 Å². The summed E-state index contributed by atoms with van der Waals surface area (Å²) < 4.78 is 32.7. The van der Waals surface area contributed by atoms with E-state index in [0.717, 1.165) is 17.0 Å². The molecule has 2 amide bonds. The fourth-order valence-electron chi connectivity index (χ4n) is 3.20. The van der Waals surface area contributed by atoms with Crippen molar-refractivity contribution in [3.8, 4) is 5.75 Å². The predicted octanol–water partition coefficient (Wildman–Crippen LogP) is 5.46. The number of carbonyl (C=O) groups is 2. The van der Waals surface area contributed by atoms with Gasteiger partial charge in [0.2, 0.25) is 0 Å². The lowest BCUT2D eigenvalue weighted by Crippen LogP contribution is -2.32. The van der Waals surface area contributed by atoms with Gasteiger partial charge in [0.25, 0.3) is 11.8 Å². The van der Waals surface area contributed by atoms with Crippen molar-refractivity contribution in [2.75, 3.05) is 16.8 Å². The van der Waals surface area contributed by atoms with Crippen LogP contribution in [-0.4, -0.2) is 18.4 Å². The van der Waals surface area contributed by atoms with Gasteiger partial charge in [0.05, 0.1) is 17.9 Å². The number of nitrogens with zero attached hydrogens (tertiary/aromatic N) is 1. The molecule has 5 nitrogen and oxygen atoms in total. The summed E-state index contributed by atoms with van der Waals surface area (Å²) in [4.78, 5) is 28.2. The van der Waals surface area contributed by atoms with E-state index >= 15 is 0 Å². The van der Waals surface area contributed by atoms with Crippen molar-refractivity contribution in [3.63, 3.8) is 0 Å². The SMILES string of the molecule is CC(C)COc1ccc(N2C(=O)C(Nc3ccc(F)c(F)c3)=C(c3cccs3)C2=O)cc1. The standard InChI is InChI=1S/C24H20F2N2O3S/c1-14(2)13-31-17-8-6-16(7-9-17)28-23(29)21(20-4-3-11-32-20)22(24(28)30)27-15-5-10-18(25)19(26)12-15/h3-12,14,27H,13H2,1-2H3. The molecule has 0 unspecified atom stereocenters. The number of hydrogen-bond acceptors (Lipinski definition) is 5. The first kappa shape index (κ1) is 21.7. The number of imide groups is 1. The molecule has 0 bridgehead atoms. The van der Waals surface area contributed by atoms with Gasteiger partial charge in [0.1, 0.15) is 11.4 Å². The Labute approximate surface area is 187 Å².